The van der Waals surface area contributed by atoms with Gasteiger partial charge in [-0.25, -0.2) is 4.79 Å². The molecule has 4 heterocycles. The third kappa shape index (κ3) is 5.89. The van der Waals surface area contributed by atoms with Crippen molar-refractivity contribution in [2.75, 3.05) is 31.5 Å². The number of hydrogen-bond donors (Lipinski definition) is 1. The molecule has 3 aliphatic heterocycles. The highest BCUT2D eigenvalue weighted by Gasteiger charge is 2.40. The van der Waals surface area contributed by atoms with E-state index < -0.39 is 24.5 Å². The van der Waals surface area contributed by atoms with Crippen LogP contribution in [0.25, 0.3) is 10.9 Å². The SMILES string of the molecule is Cn1ncc2c3c(cc(Cl)c21)C[C@@H](CC(=O)N1CCC(N2CCc4ccccc4NC2=O)CC1)C(=O)N(CC(F)(F)F)C3. The molecule has 1 fully saturated rings. The van der Waals surface area contributed by atoms with Crippen LogP contribution in [0.5, 0.6) is 0 Å². The third-order valence-electron chi connectivity index (χ3n) is 8.85. The second-order valence-corrected chi connectivity index (χ2v) is 12.0. The van der Waals surface area contributed by atoms with Crippen molar-refractivity contribution in [1.29, 1.82) is 0 Å². The van der Waals surface area contributed by atoms with Gasteiger partial charge in [-0.15, -0.1) is 0 Å². The van der Waals surface area contributed by atoms with E-state index in [9.17, 15) is 27.6 Å². The lowest BCUT2D eigenvalue weighted by Gasteiger charge is -2.38. The highest BCUT2D eigenvalue weighted by atomic mass is 35.5. The first-order valence-electron chi connectivity index (χ1n) is 14.4. The molecule has 1 atom stereocenters. The van der Waals surface area contributed by atoms with E-state index >= 15 is 0 Å². The number of anilines is 1. The molecular formula is C30H32ClF3N6O3. The molecular weight excluding hydrogens is 585 g/mol. The molecule has 0 spiro atoms. The fourth-order valence-electron chi connectivity index (χ4n) is 6.69. The number of aryl methyl sites for hydroxylation is 1. The molecule has 3 aliphatic rings. The first kappa shape index (κ1) is 29.3. The summed E-state index contributed by atoms with van der Waals surface area (Å²) in [4.78, 5) is 44.2. The van der Waals surface area contributed by atoms with Gasteiger partial charge in [0.25, 0.3) is 0 Å². The number of rotatable bonds is 4. The predicted molar refractivity (Wildman–Crippen MR) is 154 cm³/mol. The predicted octanol–water partition coefficient (Wildman–Crippen LogP) is 4.76. The quantitative estimate of drug-likeness (QED) is 0.458. The van der Waals surface area contributed by atoms with Crippen LogP contribution in [0.3, 0.4) is 0 Å². The number of aromatic nitrogens is 2. The van der Waals surface area contributed by atoms with Crippen LogP contribution >= 0.6 is 11.6 Å². The molecule has 4 amide bonds. The van der Waals surface area contributed by atoms with Crippen molar-refractivity contribution in [2.24, 2.45) is 13.0 Å². The van der Waals surface area contributed by atoms with Gasteiger partial charge < -0.3 is 20.0 Å². The van der Waals surface area contributed by atoms with E-state index in [-0.39, 0.29) is 37.4 Å². The molecule has 2 aromatic carbocycles. The topological polar surface area (TPSA) is 90.8 Å². The summed E-state index contributed by atoms with van der Waals surface area (Å²) < 4.78 is 42.3. The number of piperidine rings is 1. The van der Waals surface area contributed by atoms with Crippen LogP contribution in [0.2, 0.25) is 5.02 Å². The van der Waals surface area contributed by atoms with Crippen LogP contribution in [0.1, 0.15) is 36.0 Å². The lowest BCUT2D eigenvalue weighted by Crippen LogP contribution is -2.50. The summed E-state index contributed by atoms with van der Waals surface area (Å²) in [6.07, 6.45) is -1.28. The summed E-state index contributed by atoms with van der Waals surface area (Å²) >= 11 is 6.53. The van der Waals surface area contributed by atoms with E-state index in [4.69, 9.17) is 11.6 Å². The van der Waals surface area contributed by atoms with Crippen LogP contribution < -0.4 is 5.32 Å². The smallest absolute Gasteiger partial charge is 0.343 e. The van der Waals surface area contributed by atoms with Gasteiger partial charge in [0, 0.05) is 56.8 Å². The van der Waals surface area contributed by atoms with Crippen LogP contribution in [0, 0.1) is 5.92 Å². The van der Waals surface area contributed by atoms with Gasteiger partial charge in [-0.2, -0.15) is 18.3 Å². The van der Waals surface area contributed by atoms with Gasteiger partial charge in [0.15, 0.2) is 0 Å². The Morgan fingerprint density at radius 1 is 1.12 bits per heavy atom. The maximum atomic E-state index is 13.6. The minimum atomic E-state index is -4.60. The third-order valence-corrected chi connectivity index (χ3v) is 9.13. The first-order valence-corrected chi connectivity index (χ1v) is 14.8. The number of nitrogens with one attached hydrogen (secondary N) is 1. The number of para-hydroxylation sites is 1. The summed E-state index contributed by atoms with van der Waals surface area (Å²) in [5, 5.41) is 8.19. The van der Waals surface area contributed by atoms with Crippen molar-refractivity contribution >= 4 is 46.0 Å². The van der Waals surface area contributed by atoms with Gasteiger partial charge in [-0.3, -0.25) is 14.3 Å². The van der Waals surface area contributed by atoms with Crippen molar-refractivity contribution in [3.05, 3.63) is 58.2 Å². The standard InChI is InChI=1S/C30H32ClF3N6O3/c1-37-27-22(15-35-37)23-16-39(17-30(32,33)34)28(42)20(12-19(23)13-24(27)31)14-26(41)38-9-7-21(8-10-38)40-11-6-18-4-2-3-5-25(18)36-29(40)43/h2-5,13,15,20-21H,6-12,14,16-17H2,1H3,(H,36,43)/t20-/m0/s1. The molecule has 1 aromatic heterocycles. The van der Waals surface area contributed by atoms with E-state index in [0.717, 1.165) is 22.6 Å². The van der Waals surface area contributed by atoms with Gasteiger partial charge in [-0.05, 0) is 54.5 Å². The second kappa shape index (κ2) is 11.4. The molecule has 228 valence electrons. The molecule has 0 unspecified atom stereocenters. The molecule has 1 N–H and O–H groups in total. The first-order chi connectivity index (χ1) is 20.5. The van der Waals surface area contributed by atoms with Gasteiger partial charge in [0.1, 0.15) is 6.54 Å². The zero-order valence-electron chi connectivity index (χ0n) is 23.7. The fourth-order valence-corrected chi connectivity index (χ4v) is 7.04. The Balaban J connectivity index is 1.16. The number of halogens is 4. The molecule has 1 saturated heterocycles. The maximum absolute atomic E-state index is 13.6. The number of benzene rings is 2. The number of likely N-dealkylation sites (tertiary alicyclic amines) is 1. The number of carbonyl (C=O) groups is 3. The van der Waals surface area contributed by atoms with Gasteiger partial charge in [0.05, 0.1) is 22.7 Å². The number of carbonyl (C=O) groups excluding carboxylic acids is 3. The molecule has 0 saturated carbocycles. The molecule has 0 bridgehead atoms. The monoisotopic (exact) mass is 616 g/mol. The summed E-state index contributed by atoms with van der Waals surface area (Å²) in [5.74, 6) is -1.95. The highest BCUT2D eigenvalue weighted by Crippen LogP contribution is 2.36. The van der Waals surface area contributed by atoms with Gasteiger partial charge in [-0.1, -0.05) is 29.8 Å². The Hall–Kier alpha value is -3.80. The number of hydrogen-bond acceptors (Lipinski definition) is 4. The molecule has 13 heteroatoms. The van der Waals surface area contributed by atoms with Crippen molar-refractivity contribution in [2.45, 2.75) is 50.9 Å². The number of fused-ring (bicyclic) bond motifs is 4. The number of urea groups is 1. The van der Waals surface area contributed by atoms with E-state index in [2.05, 4.69) is 10.4 Å². The lowest BCUT2D eigenvalue weighted by molar-refractivity contribution is -0.165. The van der Waals surface area contributed by atoms with Crippen LogP contribution in [-0.4, -0.2) is 80.7 Å². The Morgan fingerprint density at radius 3 is 2.60 bits per heavy atom. The van der Waals surface area contributed by atoms with E-state index in [1.165, 1.54) is 0 Å². The number of amides is 4. The normalized spacial score (nSPS) is 20.0. The van der Waals surface area contributed by atoms with Crippen molar-refractivity contribution in [1.82, 2.24) is 24.5 Å². The summed E-state index contributed by atoms with van der Waals surface area (Å²) in [6, 6.07) is 9.18. The lowest BCUT2D eigenvalue weighted by atomic mass is 9.92. The zero-order chi connectivity index (χ0) is 30.5. The van der Waals surface area contributed by atoms with E-state index in [1.807, 2.05) is 29.2 Å². The van der Waals surface area contributed by atoms with E-state index in [0.29, 0.717) is 59.5 Å². The molecule has 0 aliphatic carbocycles. The molecule has 43 heavy (non-hydrogen) atoms. The number of alkyl halides is 3. The minimum absolute atomic E-state index is 0.0453. The fraction of sp³-hybridized carbons (Fsp3) is 0.467. The van der Waals surface area contributed by atoms with Gasteiger partial charge in [0.2, 0.25) is 11.8 Å². The molecule has 0 radical (unpaired) electrons. The van der Waals surface area contributed by atoms with Crippen LogP contribution in [0.15, 0.2) is 36.5 Å². The van der Waals surface area contributed by atoms with Crippen molar-refractivity contribution in [3.63, 3.8) is 0 Å². The Bertz CT molecular complexity index is 1580. The zero-order valence-corrected chi connectivity index (χ0v) is 24.4. The van der Waals surface area contributed by atoms with Gasteiger partial charge >= 0.3 is 12.2 Å². The average Bonchev–Trinajstić information content (AvgIpc) is 3.20. The maximum Gasteiger partial charge on any atom is 0.406 e. The summed E-state index contributed by atoms with van der Waals surface area (Å²) in [5.41, 5.74) is 3.68. The Kier molecular flexibility index (Phi) is 7.74. The van der Waals surface area contributed by atoms with Crippen LogP contribution in [0.4, 0.5) is 23.7 Å². The minimum Gasteiger partial charge on any atom is -0.343 e. The Labute approximate surface area is 251 Å². The molecule has 6 rings (SSSR count). The van der Waals surface area contributed by atoms with Crippen LogP contribution in [-0.2, 0) is 36.0 Å². The van der Waals surface area contributed by atoms with Crippen molar-refractivity contribution in [3.8, 4) is 0 Å². The molecule has 9 nitrogen and oxygen atoms in total. The second-order valence-electron chi connectivity index (χ2n) is 11.6. The average molecular weight is 617 g/mol. The summed E-state index contributed by atoms with van der Waals surface area (Å²) in [6.45, 7) is -0.296. The largest absolute Gasteiger partial charge is 0.406 e. The van der Waals surface area contributed by atoms with E-state index in [1.54, 1.807) is 28.9 Å². The highest BCUT2D eigenvalue weighted by molar-refractivity contribution is 6.35. The number of nitrogens with zero attached hydrogens (tertiary/aromatic N) is 5. The summed E-state index contributed by atoms with van der Waals surface area (Å²) in [7, 11) is 1.69. The Morgan fingerprint density at radius 2 is 1.86 bits per heavy atom. The molecule has 3 aromatic rings. The van der Waals surface area contributed by atoms with Crippen molar-refractivity contribution < 1.29 is 27.6 Å².